The van der Waals surface area contributed by atoms with Gasteiger partial charge in [0.1, 0.15) is 11.6 Å². The highest BCUT2D eigenvalue weighted by atomic mass is 32.2. The molecule has 0 amide bonds. The second-order valence-corrected chi connectivity index (χ2v) is 3.68. The third kappa shape index (κ3) is 2.78. The van der Waals surface area contributed by atoms with Crippen molar-refractivity contribution in [2.24, 2.45) is 0 Å². The second kappa shape index (κ2) is 2.72. The molecule has 0 aromatic carbocycles. The van der Waals surface area contributed by atoms with Gasteiger partial charge in [0.2, 0.25) is 4.77 Å². The van der Waals surface area contributed by atoms with E-state index in [0.717, 1.165) is 0 Å². The van der Waals surface area contributed by atoms with E-state index in [9.17, 15) is 8.42 Å². The first kappa shape index (κ1) is 8.37. The zero-order chi connectivity index (χ0) is 8.48. The molecule has 0 unspecified atom stereocenters. The first-order chi connectivity index (χ1) is 4.97. The van der Waals surface area contributed by atoms with Crippen LogP contribution in [0.25, 0.3) is 0 Å². The minimum atomic E-state index is -4.02. The van der Waals surface area contributed by atoms with E-state index in [4.69, 9.17) is 4.55 Å². The van der Waals surface area contributed by atoms with Gasteiger partial charge in [-0.2, -0.15) is 8.42 Å². The SMILES string of the molecule is O=S(=O)(O)Cc1nc(=S)[nH][nH]1. The van der Waals surface area contributed by atoms with Crippen molar-refractivity contribution in [3.63, 3.8) is 0 Å². The highest BCUT2D eigenvalue weighted by Gasteiger charge is 2.08. The summed E-state index contributed by atoms with van der Waals surface area (Å²) in [6, 6.07) is 0. The molecule has 0 bridgehead atoms. The molecule has 0 saturated heterocycles. The van der Waals surface area contributed by atoms with Crippen molar-refractivity contribution in [2.75, 3.05) is 0 Å². The molecule has 0 aliphatic rings. The van der Waals surface area contributed by atoms with Crippen molar-refractivity contribution in [1.29, 1.82) is 0 Å². The van der Waals surface area contributed by atoms with Crippen molar-refractivity contribution in [2.45, 2.75) is 5.75 Å². The summed E-state index contributed by atoms with van der Waals surface area (Å²) in [6.07, 6.45) is 0. The third-order valence-electron chi connectivity index (χ3n) is 0.869. The number of aromatic amines is 2. The predicted molar refractivity (Wildman–Crippen MR) is 39.0 cm³/mol. The molecule has 1 aromatic rings. The largest absolute Gasteiger partial charge is 0.285 e. The van der Waals surface area contributed by atoms with Crippen molar-refractivity contribution in [3.05, 3.63) is 10.6 Å². The lowest BCUT2D eigenvalue weighted by atomic mass is 10.7. The Balaban J connectivity index is 2.90. The fourth-order valence-electron chi connectivity index (χ4n) is 0.545. The van der Waals surface area contributed by atoms with Crippen LogP contribution in [0.3, 0.4) is 0 Å². The van der Waals surface area contributed by atoms with Gasteiger partial charge in [-0.1, -0.05) is 0 Å². The lowest BCUT2D eigenvalue weighted by Gasteiger charge is -1.88. The lowest BCUT2D eigenvalue weighted by Crippen LogP contribution is -2.02. The van der Waals surface area contributed by atoms with Gasteiger partial charge in [0.25, 0.3) is 10.1 Å². The molecule has 0 aliphatic carbocycles. The van der Waals surface area contributed by atoms with E-state index in [1.807, 2.05) is 0 Å². The fourth-order valence-corrected chi connectivity index (χ4v) is 1.19. The summed E-state index contributed by atoms with van der Waals surface area (Å²) in [4.78, 5) is 3.56. The molecular formula is C3H5N3O3S2. The molecule has 6 nitrogen and oxygen atoms in total. The number of hydrogen-bond acceptors (Lipinski definition) is 4. The van der Waals surface area contributed by atoms with Gasteiger partial charge >= 0.3 is 0 Å². The second-order valence-electron chi connectivity index (χ2n) is 1.84. The molecule has 11 heavy (non-hydrogen) atoms. The number of rotatable bonds is 2. The quantitative estimate of drug-likeness (QED) is 0.450. The maximum absolute atomic E-state index is 10.3. The first-order valence-corrected chi connectivity index (χ1v) is 4.58. The van der Waals surface area contributed by atoms with Crippen molar-refractivity contribution in [3.8, 4) is 0 Å². The maximum Gasteiger partial charge on any atom is 0.272 e. The number of H-pyrrole nitrogens is 2. The van der Waals surface area contributed by atoms with Gasteiger partial charge in [-0.3, -0.25) is 14.8 Å². The van der Waals surface area contributed by atoms with Crippen LogP contribution in [-0.2, 0) is 15.9 Å². The minimum Gasteiger partial charge on any atom is -0.285 e. The number of nitrogens with zero attached hydrogens (tertiary/aromatic N) is 1. The summed E-state index contributed by atoms with van der Waals surface area (Å²) in [5.74, 6) is -0.461. The molecule has 1 rings (SSSR count). The molecule has 3 N–H and O–H groups in total. The summed E-state index contributed by atoms with van der Waals surface area (Å²) >= 11 is 4.55. The summed E-state index contributed by atoms with van der Waals surface area (Å²) in [5, 5.41) is 4.78. The molecule has 0 spiro atoms. The Bertz CT molecular complexity index is 388. The van der Waals surface area contributed by atoms with Gasteiger partial charge in [-0.15, -0.1) is 0 Å². The Morgan fingerprint density at radius 1 is 1.55 bits per heavy atom. The molecule has 8 heteroatoms. The summed E-state index contributed by atoms with van der Waals surface area (Å²) in [7, 11) is -4.02. The van der Waals surface area contributed by atoms with Crippen molar-refractivity contribution >= 4 is 22.3 Å². The van der Waals surface area contributed by atoms with Gasteiger partial charge in [-0.05, 0) is 12.2 Å². The van der Waals surface area contributed by atoms with Crippen LogP contribution in [-0.4, -0.2) is 28.2 Å². The van der Waals surface area contributed by atoms with Crippen LogP contribution in [0.4, 0.5) is 0 Å². The van der Waals surface area contributed by atoms with Crippen LogP contribution in [0.5, 0.6) is 0 Å². The van der Waals surface area contributed by atoms with E-state index in [-0.39, 0.29) is 10.6 Å². The average molecular weight is 195 g/mol. The van der Waals surface area contributed by atoms with Crippen molar-refractivity contribution < 1.29 is 13.0 Å². The van der Waals surface area contributed by atoms with Gasteiger partial charge < -0.3 is 0 Å². The Hall–Kier alpha value is -0.730. The van der Waals surface area contributed by atoms with E-state index >= 15 is 0 Å². The van der Waals surface area contributed by atoms with Crippen LogP contribution in [0.15, 0.2) is 0 Å². The van der Waals surface area contributed by atoms with Crippen LogP contribution in [0.1, 0.15) is 5.82 Å². The molecule has 62 valence electrons. The highest BCUT2D eigenvalue weighted by molar-refractivity contribution is 7.84. The van der Waals surface area contributed by atoms with Crippen LogP contribution >= 0.6 is 12.2 Å². The zero-order valence-corrected chi connectivity index (χ0v) is 6.87. The number of aromatic nitrogens is 3. The Labute approximate surface area is 67.4 Å². The zero-order valence-electron chi connectivity index (χ0n) is 5.23. The molecule has 0 radical (unpaired) electrons. The highest BCUT2D eigenvalue weighted by Crippen LogP contribution is 1.94. The van der Waals surface area contributed by atoms with E-state index in [1.165, 1.54) is 0 Å². The Kier molecular flexibility index (Phi) is 2.07. The van der Waals surface area contributed by atoms with Crippen LogP contribution in [0, 0.1) is 4.77 Å². The van der Waals surface area contributed by atoms with Gasteiger partial charge in [0.15, 0.2) is 0 Å². The molecule has 0 aliphatic heterocycles. The first-order valence-electron chi connectivity index (χ1n) is 2.56. The lowest BCUT2D eigenvalue weighted by molar-refractivity contribution is 0.481. The molecule has 1 heterocycles. The van der Waals surface area contributed by atoms with E-state index < -0.39 is 15.9 Å². The molecule has 0 saturated carbocycles. The normalized spacial score (nSPS) is 11.7. The molecular weight excluding hydrogens is 190 g/mol. The maximum atomic E-state index is 10.3. The average Bonchev–Trinajstić information content (AvgIpc) is 2.10. The monoisotopic (exact) mass is 195 g/mol. The minimum absolute atomic E-state index is 0.0949. The molecule has 0 atom stereocenters. The van der Waals surface area contributed by atoms with Crippen LogP contribution in [0.2, 0.25) is 0 Å². The molecule has 1 aromatic heterocycles. The summed E-state index contributed by atoms with van der Waals surface area (Å²) < 4.78 is 29.0. The standard InChI is InChI=1S/C3H5N3O3S2/c7-11(8,9)1-2-4-3(10)6-5-2/h1H2,(H,7,8,9)(H2,4,5,6,10). The van der Waals surface area contributed by atoms with E-state index in [2.05, 4.69) is 27.4 Å². The Morgan fingerprint density at radius 3 is 2.55 bits per heavy atom. The number of hydrogen-bond donors (Lipinski definition) is 3. The van der Waals surface area contributed by atoms with E-state index in [1.54, 1.807) is 0 Å². The van der Waals surface area contributed by atoms with Gasteiger partial charge in [0.05, 0.1) is 0 Å². The summed E-state index contributed by atoms with van der Waals surface area (Å²) in [5.41, 5.74) is 0. The van der Waals surface area contributed by atoms with Gasteiger partial charge in [0, 0.05) is 0 Å². The number of nitrogens with one attached hydrogen (secondary N) is 2. The smallest absolute Gasteiger partial charge is 0.272 e. The summed E-state index contributed by atoms with van der Waals surface area (Å²) in [6.45, 7) is 0. The van der Waals surface area contributed by atoms with Crippen LogP contribution < -0.4 is 0 Å². The van der Waals surface area contributed by atoms with E-state index in [0.29, 0.717) is 0 Å². The predicted octanol–water partition coefficient (Wildman–Crippen LogP) is -0.145. The van der Waals surface area contributed by atoms with Gasteiger partial charge in [-0.25, -0.2) is 4.98 Å². The van der Waals surface area contributed by atoms with Crippen molar-refractivity contribution in [1.82, 2.24) is 15.2 Å². The topological polar surface area (TPSA) is 98.8 Å². The third-order valence-corrected chi connectivity index (χ3v) is 1.70. The fraction of sp³-hybridized carbons (Fsp3) is 0.333. The Morgan fingerprint density at radius 2 is 2.18 bits per heavy atom. The molecule has 0 fully saturated rings.